The van der Waals surface area contributed by atoms with Crippen LogP contribution in [0.1, 0.15) is 27.7 Å². The van der Waals surface area contributed by atoms with Gasteiger partial charge in [0.15, 0.2) is 5.13 Å². The van der Waals surface area contributed by atoms with E-state index in [4.69, 9.17) is 0 Å². The Balaban J connectivity index is 1.97. The number of rotatable bonds is 5. The van der Waals surface area contributed by atoms with Gasteiger partial charge in [0, 0.05) is 28.3 Å². The van der Waals surface area contributed by atoms with Crippen LogP contribution in [0.4, 0.5) is 10.8 Å². The molecule has 0 aliphatic carbocycles. The van der Waals surface area contributed by atoms with Crippen LogP contribution in [0.3, 0.4) is 0 Å². The van der Waals surface area contributed by atoms with Crippen LogP contribution >= 0.6 is 23.1 Å². The van der Waals surface area contributed by atoms with Gasteiger partial charge in [-0.3, -0.25) is 9.59 Å². The highest BCUT2D eigenvalue weighted by molar-refractivity contribution is 8.01. The Labute approximate surface area is 150 Å². The summed E-state index contributed by atoms with van der Waals surface area (Å²) in [6.45, 7) is 7.71. The van der Waals surface area contributed by atoms with E-state index in [0.29, 0.717) is 10.9 Å². The van der Waals surface area contributed by atoms with Gasteiger partial charge in [-0.15, -0.1) is 23.1 Å². The summed E-state index contributed by atoms with van der Waals surface area (Å²) in [7, 11) is 0. The van der Waals surface area contributed by atoms with Gasteiger partial charge in [-0.1, -0.05) is 32.9 Å². The molecule has 0 fully saturated rings. The van der Waals surface area contributed by atoms with E-state index in [1.54, 1.807) is 11.8 Å². The molecule has 0 aliphatic heterocycles. The first-order valence-corrected chi connectivity index (χ1v) is 9.37. The van der Waals surface area contributed by atoms with Crippen molar-refractivity contribution in [2.24, 2.45) is 0 Å². The second kappa shape index (κ2) is 7.81. The fourth-order valence-electron chi connectivity index (χ4n) is 1.83. The van der Waals surface area contributed by atoms with Gasteiger partial charge in [0.25, 0.3) is 0 Å². The molecule has 0 unspecified atom stereocenters. The number of hydrogen-bond acceptors (Lipinski definition) is 5. The molecular weight excluding hydrogens is 342 g/mol. The SMILES string of the molecule is CC(=O)Nc1ccc(-c2csc(NC(=O)CSC(C)(C)C)n2)cc1. The summed E-state index contributed by atoms with van der Waals surface area (Å²) in [6.07, 6.45) is 0. The zero-order chi connectivity index (χ0) is 17.7. The normalized spacial score (nSPS) is 11.2. The Bertz CT molecular complexity index is 718. The van der Waals surface area contributed by atoms with E-state index in [1.807, 2.05) is 29.6 Å². The molecule has 24 heavy (non-hydrogen) atoms. The third-order valence-electron chi connectivity index (χ3n) is 2.89. The molecule has 0 saturated carbocycles. The van der Waals surface area contributed by atoms with Crippen molar-refractivity contribution in [1.29, 1.82) is 0 Å². The number of thioether (sulfide) groups is 1. The first-order valence-electron chi connectivity index (χ1n) is 7.50. The van der Waals surface area contributed by atoms with Gasteiger partial charge in [0.2, 0.25) is 11.8 Å². The monoisotopic (exact) mass is 363 g/mol. The van der Waals surface area contributed by atoms with E-state index in [-0.39, 0.29) is 16.6 Å². The Hall–Kier alpha value is -1.86. The molecule has 0 spiro atoms. The van der Waals surface area contributed by atoms with Gasteiger partial charge in [-0.25, -0.2) is 4.98 Å². The maximum atomic E-state index is 11.9. The van der Waals surface area contributed by atoms with Gasteiger partial charge in [0.05, 0.1) is 11.4 Å². The fraction of sp³-hybridized carbons (Fsp3) is 0.353. The number of anilines is 2. The molecule has 2 amide bonds. The summed E-state index contributed by atoms with van der Waals surface area (Å²) in [5.41, 5.74) is 2.48. The lowest BCUT2D eigenvalue weighted by molar-refractivity contribution is -0.114. The highest BCUT2D eigenvalue weighted by Gasteiger charge is 2.14. The number of benzene rings is 1. The zero-order valence-corrected chi connectivity index (χ0v) is 15.8. The molecule has 5 nitrogen and oxygen atoms in total. The molecule has 128 valence electrons. The van der Waals surface area contributed by atoms with Crippen LogP contribution in [-0.4, -0.2) is 27.3 Å². The highest BCUT2D eigenvalue weighted by Crippen LogP contribution is 2.27. The van der Waals surface area contributed by atoms with Crippen molar-refractivity contribution in [3.63, 3.8) is 0 Å². The molecule has 1 heterocycles. The Morgan fingerprint density at radius 2 is 1.83 bits per heavy atom. The lowest BCUT2D eigenvalue weighted by Crippen LogP contribution is -2.18. The van der Waals surface area contributed by atoms with Crippen molar-refractivity contribution in [3.8, 4) is 11.3 Å². The van der Waals surface area contributed by atoms with Gasteiger partial charge < -0.3 is 10.6 Å². The molecule has 2 aromatic rings. The average Bonchev–Trinajstić information content (AvgIpc) is 2.93. The summed E-state index contributed by atoms with van der Waals surface area (Å²) >= 11 is 3.00. The summed E-state index contributed by atoms with van der Waals surface area (Å²) < 4.78 is 0.0566. The molecule has 0 radical (unpaired) electrons. The highest BCUT2D eigenvalue weighted by atomic mass is 32.2. The van der Waals surface area contributed by atoms with Crippen LogP contribution in [0.2, 0.25) is 0 Å². The molecule has 0 aliphatic rings. The predicted molar refractivity (Wildman–Crippen MR) is 103 cm³/mol. The number of hydrogen-bond donors (Lipinski definition) is 2. The third kappa shape index (κ3) is 5.98. The van der Waals surface area contributed by atoms with Crippen molar-refractivity contribution < 1.29 is 9.59 Å². The van der Waals surface area contributed by atoms with E-state index in [0.717, 1.165) is 16.9 Å². The smallest absolute Gasteiger partial charge is 0.236 e. The van der Waals surface area contributed by atoms with E-state index in [1.165, 1.54) is 18.3 Å². The minimum atomic E-state index is -0.102. The van der Waals surface area contributed by atoms with Crippen LogP contribution in [0.15, 0.2) is 29.6 Å². The molecule has 0 atom stereocenters. The van der Waals surface area contributed by atoms with E-state index < -0.39 is 0 Å². The van der Waals surface area contributed by atoms with Crippen molar-refractivity contribution in [2.75, 3.05) is 16.4 Å². The first-order chi connectivity index (χ1) is 11.2. The minimum Gasteiger partial charge on any atom is -0.326 e. The van der Waals surface area contributed by atoms with Gasteiger partial charge in [0.1, 0.15) is 0 Å². The first kappa shape index (κ1) is 18.5. The summed E-state index contributed by atoms with van der Waals surface area (Å²) in [5.74, 6) is 0.260. The molecule has 1 aromatic heterocycles. The summed E-state index contributed by atoms with van der Waals surface area (Å²) in [5, 5.41) is 8.05. The number of aromatic nitrogens is 1. The number of carbonyl (C=O) groups is 2. The zero-order valence-electron chi connectivity index (χ0n) is 14.2. The van der Waals surface area contributed by atoms with Crippen molar-refractivity contribution >= 4 is 45.7 Å². The Morgan fingerprint density at radius 3 is 2.42 bits per heavy atom. The van der Waals surface area contributed by atoms with Gasteiger partial charge >= 0.3 is 0 Å². The van der Waals surface area contributed by atoms with E-state index in [2.05, 4.69) is 36.4 Å². The molecule has 0 saturated heterocycles. The van der Waals surface area contributed by atoms with Crippen LogP contribution < -0.4 is 10.6 Å². The molecule has 2 rings (SSSR count). The summed E-state index contributed by atoms with van der Waals surface area (Å²) in [4.78, 5) is 27.4. The maximum absolute atomic E-state index is 11.9. The maximum Gasteiger partial charge on any atom is 0.236 e. The van der Waals surface area contributed by atoms with E-state index >= 15 is 0 Å². The van der Waals surface area contributed by atoms with Crippen LogP contribution in [0.25, 0.3) is 11.3 Å². The molecule has 7 heteroatoms. The molecule has 2 N–H and O–H groups in total. The van der Waals surface area contributed by atoms with Crippen LogP contribution in [-0.2, 0) is 9.59 Å². The van der Waals surface area contributed by atoms with E-state index in [9.17, 15) is 9.59 Å². The largest absolute Gasteiger partial charge is 0.326 e. The molecule has 0 bridgehead atoms. The summed E-state index contributed by atoms with van der Waals surface area (Å²) in [6, 6.07) is 7.44. The topological polar surface area (TPSA) is 71.1 Å². The molecule has 1 aromatic carbocycles. The Morgan fingerprint density at radius 1 is 1.17 bits per heavy atom. The quantitative estimate of drug-likeness (QED) is 0.833. The average molecular weight is 364 g/mol. The number of nitrogens with one attached hydrogen (secondary N) is 2. The lowest BCUT2D eigenvalue weighted by atomic mass is 10.1. The molecular formula is C17H21N3O2S2. The Kier molecular flexibility index (Phi) is 6.01. The number of amides is 2. The van der Waals surface area contributed by atoms with Crippen molar-refractivity contribution in [2.45, 2.75) is 32.4 Å². The predicted octanol–water partition coefficient (Wildman–Crippen LogP) is 4.24. The third-order valence-corrected chi connectivity index (χ3v) is 4.92. The number of nitrogens with zero attached hydrogens (tertiary/aromatic N) is 1. The van der Waals surface area contributed by atoms with Gasteiger partial charge in [-0.2, -0.15) is 0 Å². The van der Waals surface area contributed by atoms with Crippen molar-refractivity contribution in [1.82, 2.24) is 4.98 Å². The van der Waals surface area contributed by atoms with Crippen LogP contribution in [0, 0.1) is 0 Å². The standard InChI is InChI=1S/C17H21N3O2S2/c1-11(21)18-13-7-5-12(6-8-13)14-9-23-16(19-14)20-15(22)10-24-17(2,3)4/h5-9H,10H2,1-4H3,(H,18,21)(H,19,20,22). The second-order valence-corrected chi connectivity index (χ2v) is 8.91. The second-order valence-electron chi connectivity index (χ2n) is 6.25. The minimum absolute atomic E-state index is 0.0446. The lowest BCUT2D eigenvalue weighted by Gasteiger charge is -2.16. The van der Waals surface area contributed by atoms with Crippen LogP contribution in [0.5, 0.6) is 0 Å². The number of thiazole rings is 1. The fourth-order valence-corrected chi connectivity index (χ4v) is 3.20. The van der Waals surface area contributed by atoms with Crippen molar-refractivity contribution in [3.05, 3.63) is 29.6 Å². The van der Waals surface area contributed by atoms with Gasteiger partial charge in [-0.05, 0) is 12.1 Å². The number of carbonyl (C=O) groups excluding carboxylic acids is 2.